The second-order valence-corrected chi connectivity index (χ2v) is 6.96. The summed E-state index contributed by atoms with van der Waals surface area (Å²) in [6, 6.07) is 10.0. The highest BCUT2D eigenvalue weighted by Gasteiger charge is 2.11. The van der Waals surface area contributed by atoms with Gasteiger partial charge >= 0.3 is 0 Å². The molecule has 0 spiro atoms. The van der Waals surface area contributed by atoms with Gasteiger partial charge in [-0.15, -0.1) is 16.4 Å². The maximum atomic E-state index is 5.10. The molecule has 8 heteroatoms. The Kier molecular flexibility index (Phi) is 4.14. The lowest BCUT2D eigenvalue weighted by Gasteiger charge is -2.04. The Bertz CT molecular complexity index is 945. The standard InChI is InChI=1S/C16H13N5OS2/c1-11-3-2-4-14(7-11)21-16(18-19-20-21)24-10-13-9-23-15(17-13)12-5-6-22-8-12/h2-9H,10H2,1H3. The molecule has 0 aliphatic rings. The van der Waals surface area contributed by atoms with Crippen LogP contribution in [0.25, 0.3) is 16.3 Å². The normalized spacial score (nSPS) is 11.0. The van der Waals surface area contributed by atoms with E-state index in [4.69, 9.17) is 4.42 Å². The van der Waals surface area contributed by atoms with Gasteiger partial charge < -0.3 is 4.42 Å². The monoisotopic (exact) mass is 355 g/mol. The molecule has 0 unspecified atom stereocenters. The van der Waals surface area contributed by atoms with Crippen LogP contribution < -0.4 is 0 Å². The molecule has 0 radical (unpaired) electrons. The molecule has 3 aromatic heterocycles. The van der Waals surface area contributed by atoms with E-state index in [1.165, 1.54) is 5.56 Å². The van der Waals surface area contributed by atoms with Crippen molar-refractivity contribution >= 4 is 23.1 Å². The molecule has 0 amide bonds. The Labute approximate surface area is 146 Å². The zero-order valence-electron chi connectivity index (χ0n) is 12.8. The zero-order valence-corrected chi connectivity index (χ0v) is 14.4. The SMILES string of the molecule is Cc1cccc(-n2nnnc2SCc2csc(-c3ccoc3)n2)c1. The van der Waals surface area contributed by atoms with Crippen LogP contribution >= 0.6 is 23.1 Å². The van der Waals surface area contributed by atoms with Crippen molar-refractivity contribution in [2.75, 3.05) is 0 Å². The van der Waals surface area contributed by atoms with Crippen molar-refractivity contribution in [2.24, 2.45) is 0 Å². The quantitative estimate of drug-likeness (QED) is 0.504. The first-order valence-electron chi connectivity index (χ1n) is 7.25. The number of thiazole rings is 1. The highest BCUT2D eigenvalue weighted by Crippen LogP contribution is 2.28. The Morgan fingerprint density at radius 2 is 2.25 bits per heavy atom. The zero-order chi connectivity index (χ0) is 16.4. The molecule has 0 atom stereocenters. The molecule has 4 aromatic rings. The molecule has 4 rings (SSSR count). The Morgan fingerprint density at radius 3 is 3.08 bits per heavy atom. The number of thioether (sulfide) groups is 1. The summed E-state index contributed by atoms with van der Waals surface area (Å²) in [5, 5.41) is 15.8. The van der Waals surface area contributed by atoms with Gasteiger partial charge in [0.05, 0.1) is 17.6 Å². The third kappa shape index (κ3) is 3.10. The van der Waals surface area contributed by atoms with E-state index in [0.717, 1.165) is 27.1 Å². The largest absolute Gasteiger partial charge is 0.472 e. The maximum Gasteiger partial charge on any atom is 0.214 e. The van der Waals surface area contributed by atoms with Crippen molar-refractivity contribution in [1.82, 2.24) is 25.2 Å². The van der Waals surface area contributed by atoms with E-state index in [2.05, 4.69) is 32.0 Å². The van der Waals surface area contributed by atoms with E-state index >= 15 is 0 Å². The molecule has 0 fully saturated rings. The van der Waals surface area contributed by atoms with Gasteiger partial charge in [-0.2, -0.15) is 4.68 Å². The maximum absolute atomic E-state index is 5.10. The van der Waals surface area contributed by atoms with Gasteiger partial charge in [-0.1, -0.05) is 23.9 Å². The Balaban J connectivity index is 1.50. The summed E-state index contributed by atoms with van der Waals surface area (Å²) in [5.41, 5.74) is 4.13. The number of tetrazole rings is 1. The summed E-state index contributed by atoms with van der Waals surface area (Å²) in [4.78, 5) is 4.63. The van der Waals surface area contributed by atoms with Crippen LogP contribution in [0.4, 0.5) is 0 Å². The van der Waals surface area contributed by atoms with E-state index in [1.54, 1.807) is 40.3 Å². The van der Waals surface area contributed by atoms with Gasteiger partial charge in [-0.25, -0.2) is 4.98 Å². The van der Waals surface area contributed by atoms with Crippen molar-refractivity contribution in [2.45, 2.75) is 17.8 Å². The molecule has 0 aliphatic carbocycles. The number of hydrogen-bond donors (Lipinski definition) is 0. The molecule has 0 N–H and O–H groups in total. The average molecular weight is 355 g/mol. The number of furan rings is 1. The third-order valence-corrected chi connectivity index (χ3v) is 5.25. The molecule has 24 heavy (non-hydrogen) atoms. The van der Waals surface area contributed by atoms with Crippen LogP contribution in [0.1, 0.15) is 11.3 Å². The first-order valence-corrected chi connectivity index (χ1v) is 9.11. The molecule has 0 saturated carbocycles. The van der Waals surface area contributed by atoms with Gasteiger partial charge in [0, 0.05) is 16.7 Å². The topological polar surface area (TPSA) is 69.6 Å². The van der Waals surface area contributed by atoms with Gasteiger partial charge in [0.15, 0.2) is 0 Å². The van der Waals surface area contributed by atoms with Crippen LogP contribution in [-0.2, 0) is 5.75 Å². The highest BCUT2D eigenvalue weighted by atomic mass is 32.2. The minimum Gasteiger partial charge on any atom is -0.472 e. The van der Waals surface area contributed by atoms with Gasteiger partial charge in [-0.3, -0.25) is 0 Å². The van der Waals surface area contributed by atoms with E-state index in [9.17, 15) is 0 Å². The van der Waals surface area contributed by atoms with Crippen LogP contribution in [0, 0.1) is 6.92 Å². The van der Waals surface area contributed by atoms with Gasteiger partial charge in [0.25, 0.3) is 0 Å². The first kappa shape index (κ1) is 15.1. The molecule has 0 aliphatic heterocycles. The van der Waals surface area contributed by atoms with Gasteiger partial charge in [0.2, 0.25) is 5.16 Å². The number of hydrogen-bond acceptors (Lipinski definition) is 7. The number of aryl methyl sites for hydroxylation is 1. The second-order valence-electron chi connectivity index (χ2n) is 5.16. The predicted octanol–water partition coefficient (Wildman–Crippen LogP) is 3.98. The van der Waals surface area contributed by atoms with Crippen molar-refractivity contribution in [3.05, 3.63) is 59.5 Å². The predicted molar refractivity (Wildman–Crippen MR) is 93.3 cm³/mol. The van der Waals surface area contributed by atoms with E-state index in [-0.39, 0.29) is 0 Å². The fourth-order valence-corrected chi connectivity index (χ4v) is 3.92. The number of benzene rings is 1. The van der Waals surface area contributed by atoms with E-state index < -0.39 is 0 Å². The van der Waals surface area contributed by atoms with Crippen molar-refractivity contribution in [3.63, 3.8) is 0 Å². The molecule has 1 aromatic carbocycles. The van der Waals surface area contributed by atoms with Crippen LogP contribution in [0.5, 0.6) is 0 Å². The summed E-state index contributed by atoms with van der Waals surface area (Å²) in [7, 11) is 0. The van der Waals surface area contributed by atoms with Crippen LogP contribution in [-0.4, -0.2) is 25.2 Å². The summed E-state index contributed by atoms with van der Waals surface area (Å²) >= 11 is 3.17. The van der Waals surface area contributed by atoms with Crippen LogP contribution in [0.15, 0.2) is 57.8 Å². The first-order chi connectivity index (χ1) is 11.8. The molecule has 120 valence electrons. The van der Waals surface area contributed by atoms with Gasteiger partial charge in [-0.05, 0) is 41.1 Å². The third-order valence-electron chi connectivity index (χ3n) is 3.36. The summed E-state index contributed by atoms with van der Waals surface area (Å²) in [5.74, 6) is 0.709. The van der Waals surface area contributed by atoms with Crippen molar-refractivity contribution in [3.8, 4) is 16.3 Å². The molecule has 0 saturated heterocycles. The Hall–Kier alpha value is -2.45. The lowest BCUT2D eigenvalue weighted by molar-refractivity contribution is 0.568. The minimum atomic E-state index is 0.709. The highest BCUT2D eigenvalue weighted by molar-refractivity contribution is 7.98. The molecule has 3 heterocycles. The fraction of sp³-hybridized carbons (Fsp3) is 0.125. The fourth-order valence-electron chi connectivity index (χ4n) is 2.22. The second kappa shape index (κ2) is 6.58. The molecule has 0 bridgehead atoms. The van der Waals surface area contributed by atoms with Crippen molar-refractivity contribution in [1.29, 1.82) is 0 Å². The smallest absolute Gasteiger partial charge is 0.214 e. The minimum absolute atomic E-state index is 0.709. The number of nitrogens with zero attached hydrogens (tertiary/aromatic N) is 5. The summed E-state index contributed by atoms with van der Waals surface area (Å²) in [6.07, 6.45) is 3.36. The summed E-state index contributed by atoms with van der Waals surface area (Å²) in [6.45, 7) is 2.05. The van der Waals surface area contributed by atoms with E-state index in [0.29, 0.717) is 5.75 Å². The number of aromatic nitrogens is 5. The van der Waals surface area contributed by atoms with Crippen molar-refractivity contribution < 1.29 is 4.42 Å². The lowest BCUT2D eigenvalue weighted by atomic mass is 10.2. The van der Waals surface area contributed by atoms with Gasteiger partial charge in [0.1, 0.15) is 11.3 Å². The number of rotatable bonds is 5. The summed E-state index contributed by atoms with van der Waals surface area (Å²) < 4.78 is 6.85. The Morgan fingerprint density at radius 1 is 1.29 bits per heavy atom. The average Bonchev–Trinajstić information content (AvgIpc) is 3.33. The van der Waals surface area contributed by atoms with Crippen LogP contribution in [0.3, 0.4) is 0 Å². The lowest BCUT2D eigenvalue weighted by Crippen LogP contribution is -1.99. The molecule has 6 nitrogen and oxygen atoms in total. The van der Waals surface area contributed by atoms with Crippen LogP contribution in [0.2, 0.25) is 0 Å². The molecular weight excluding hydrogens is 342 g/mol. The molecular formula is C16H13N5OS2. The van der Waals surface area contributed by atoms with E-state index in [1.807, 2.05) is 31.2 Å².